The molecule has 1 saturated heterocycles. The summed E-state index contributed by atoms with van der Waals surface area (Å²) in [4.78, 5) is 26.5. The molecule has 3 rings (SSSR count). The third-order valence-electron chi connectivity index (χ3n) is 4.81. The fraction of sp³-hybridized carbons (Fsp3) is 0.286. The zero-order valence-corrected chi connectivity index (χ0v) is 18.2. The monoisotopic (exact) mass is 414 g/mol. The van der Waals surface area contributed by atoms with Crippen LogP contribution in [0.5, 0.6) is 0 Å². The number of hydrogen-bond acceptors (Lipinski definition) is 5. The molecule has 0 aliphatic carbocycles. The molecule has 1 aromatic carbocycles. The van der Waals surface area contributed by atoms with E-state index in [1.54, 1.807) is 11.0 Å². The average molecular weight is 415 g/mol. The van der Waals surface area contributed by atoms with Crippen LogP contribution in [0.1, 0.15) is 39.8 Å². The molecule has 0 saturated carbocycles. The second-order valence-electron chi connectivity index (χ2n) is 6.58. The third kappa shape index (κ3) is 3.52. The Morgan fingerprint density at radius 3 is 2.54 bits per heavy atom. The van der Waals surface area contributed by atoms with Crippen LogP contribution in [-0.2, 0) is 9.53 Å². The zero-order valence-electron chi connectivity index (χ0n) is 16.5. The van der Waals surface area contributed by atoms with Gasteiger partial charge in [0.2, 0.25) is 0 Å². The molecule has 1 amide bonds. The predicted molar refractivity (Wildman–Crippen MR) is 117 cm³/mol. The first-order chi connectivity index (χ1) is 13.3. The van der Waals surface area contributed by atoms with E-state index in [0.29, 0.717) is 21.3 Å². The molecule has 0 bridgehead atoms. The number of ether oxygens (including phenoxy) is 1. The summed E-state index contributed by atoms with van der Waals surface area (Å²) in [5, 5.41) is 0. The minimum atomic E-state index is -0.353. The molecule has 5 nitrogen and oxygen atoms in total. The Bertz CT molecular complexity index is 1020. The van der Waals surface area contributed by atoms with E-state index in [0.717, 1.165) is 28.2 Å². The van der Waals surface area contributed by atoms with E-state index in [2.05, 4.69) is 10.6 Å². The normalized spacial score (nSPS) is 15.6. The van der Waals surface area contributed by atoms with E-state index < -0.39 is 0 Å². The zero-order chi connectivity index (χ0) is 20.6. The maximum Gasteiger partial charge on any atom is 0.337 e. The van der Waals surface area contributed by atoms with Crippen LogP contribution in [0.25, 0.3) is 11.8 Å². The molecule has 7 heteroatoms. The quantitative estimate of drug-likeness (QED) is 0.421. The molecular formula is C21H22N2O3S2. The van der Waals surface area contributed by atoms with Gasteiger partial charge in [0.25, 0.3) is 5.91 Å². The molecular weight excluding hydrogens is 392 g/mol. The summed E-state index contributed by atoms with van der Waals surface area (Å²) >= 11 is 6.63. The number of carbonyl (C=O) groups is 2. The van der Waals surface area contributed by atoms with E-state index in [1.807, 2.05) is 45.9 Å². The molecule has 2 heterocycles. The number of esters is 1. The van der Waals surface area contributed by atoms with Crippen LogP contribution < -0.4 is 0 Å². The van der Waals surface area contributed by atoms with Crippen LogP contribution in [0.4, 0.5) is 0 Å². The van der Waals surface area contributed by atoms with E-state index in [1.165, 1.54) is 18.9 Å². The van der Waals surface area contributed by atoms with Gasteiger partial charge in [0.05, 0.1) is 17.6 Å². The van der Waals surface area contributed by atoms with Gasteiger partial charge in [-0.05, 0) is 69.2 Å². The number of benzene rings is 1. The van der Waals surface area contributed by atoms with Crippen LogP contribution in [0.15, 0.2) is 29.2 Å². The molecule has 0 atom stereocenters. The minimum Gasteiger partial charge on any atom is -0.465 e. The van der Waals surface area contributed by atoms with Gasteiger partial charge in [0.15, 0.2) is 0 Å². The Kier molecular flexibility index (Phi) is 5.76. The third-order valence-corrected chi connectivity index (χ3v) is 6.18. The number of hydrogen-bond donors (Lipinski definition) is 0. The van der Waals surface area contributed by atoms with Crippen molar-refractivity contribution in [2.45, 2.75) is 27.7 Å². The Labute approximate surface area is 174 Å². The Hall–Kier alpha value is -2.38. The molecule has 2 aromatic rings. The lowest BCUT2D eigenvalue weighted by molar-refractivity contribution is -0.121. The summed E-state index contributed by atoms with van der Waals surface area (Å²) in [6, 6.07) is 7.56. The first-order valence-electron chi connectivity index (χ1n) is 8.92. The van der Waals surface area contributed by atoms with E-state index in [-0.39, 0.29) is 11.9 Å². The largest absolute Gasteiger partial charge is 0.465 e. The molecule has 0 unspecified atom stereocenters. The van der Waals surface area contributed by atoms with Crippen molar-refractivity contribution in [3.8, 4) is 5.69 Å². The first kappa shape index (κ1) is 20.4. The summed E-state index contributed by atoms with van der Waals surface area (Å²) in [6.07, 6.45) is 1.91. The Balaban J connectivity index is 2.02. The lowest BCUT2D eigenvalue weighted by Crippen LogP contribution is -2.27. The van der Waals surface area contributed by atoms with Gasteiger partial charge in [-0.1, -0.05) is 24.0 Å². The number of methoxy groups -OCH3 is 1. The molecule has 0 spiro atoms. The van der Waals surface area contributed by atoms with E-state index in [9.17, 15) is 9.59 Å². The smallest absolute Gasteiger partial charge is 0.337 e. The maximum atomic E-state index is 12.5. The van der Waals surface area contributed by atoms with Crippen LogP contribution in [0, 0.1) is 20.8 Å². The summed E-state index contributed by atoms with van der Waals surface area (Å²) in [5.41, 5.74) is 5.52. The lowest BCUT2D eigenvalue weighted by Gasteiger charge is -2.14. The highest BCUT2D eigenvalue weighted by molar-refractivity contribution is 8.26. The highest BCUT2D eigenvalue weighted by Crippen LogP contribution is 2.34. The number of aromatic nitrogens is 1. The van der Waals surface area contributed by atoms with Gasteiger partial charge in [0, 0.05) is 23.6 Å². The summed E-state index contributed by atoms with van der Waals surface area (Å²) in [5.74, 6) is -0.393. The van der Waals surface area contributed by atoms with Crippen molar-refractivity contribution >= 4 is 46.3 Å². The molecule has 1 fully saturated rings. The van der Waals surface area contributed by atoms with Crippen LogP contribution in [-0.4, -0.2) is 39.3 Å². The molecule has 28 heavy (non-hydrogen) atoms. The maximum absolute atomic E-state index is 12.5. The van der Waals surface area contributed by atoms with Gasteiger partial charge in [-0.15, -0.1) is 0 Å². The number of nitrogens with zero attached hydrogens (tertiary/aromatic N) is 2. The van der Waals surface area contributed by atoms with Crippen LogP contribution in [0.3, 0.4) is 0 Å². The fourth-order valence-electron chi connectivity index (χ4n) is 3.37. The van der Waals surface area contributed by atoms with Crippen molar-refractivity contribution in [1.82, 2.24) is 9.47 Å². The van der Waals surface area contributed by atoms with Crippen molar-refractivity contribution in [2.75, 3.05) is 13.7 Å². The number of carbonyl (C=O) groups excluding carboxylic acids is 2. The fourth-order valence-corrected chi connectivity index (χ4v) is 4.74. The molecule has 0 N–H and O–H groups in total. The summed E-state index contributed by atoms with van der Waals surface area (Å²) in [7, 11) is 1.37. The van der Waals surface area contributed by atoms with Gasteiger partial charge in [-0.3, -0.25) is 9.69 Å². The number of rotatable bonds is 4. The van der Waals surface area contributed by atoms with Crippen molar-refractivity contribution in [1.29, 1.82) is 0 Å². The van der Waals surface area contributed by atoms with E-state index >= 15 is 0 Å². The van der Waals surface area contributed by atoms with Crippen molar-refractivity contribution in [2.24, 2.45) is 0 Å². The van der Waals surface area contributed by atoms with Gasteiger partial charge in [0.1, 0.15) is 4.32 Å². The SMILES string of the molecule is CCN1C(=O)/C(=C/c2cc(C)n(-c3ccc(C(=O)OC)cc3C)c2C)SC1=S. The summed E-state index contributed by atoms with van der Waals surface area (Å²) in [6.45, 7) is 8.50. The van der Waals surface area contributed by atoms with E-state index in [4.69, 9.17) is 17.0 Å². The van der Waals surface area contributed by atoms with Gasteiger partial charge in [-0.2, -0.15) is 0 Å². The molecule has 146 valence electrons. The highest BCUT2D eigenvalue weighted by atomic mass is 32.2. The Morgan fingerprint density at radius 2 is 1.96 bits per heavy atom. The molecule has 0 radical (unpaired) electrons. The lowest BCUT2D eigenvalue weighted by atomic mass is 10.1. The average Bonchev–Trinajstić information content (AvgIpc) is 3.09. The second-order valence-corrected chi connectivity index (χ2v) is 8.26. The van der Waals surface area contributed by atoms with Gasteiger partial charge in [-0.25, -0.2) is 4.79 Å². The molecule has 1 aromatic heterocycles. The van der Waals surface area contributed by atoms with Crippen molar-refractivity contribution in [3.63, 3.8) is 0 Å². The standard InChI is InChI=1S/C21H22N2O3S2/c1-6-22-19(24)18(28-21(22)27)11-16-10-13(3)23(14(16)4)17-8-7-15(9-12(17)2)20(25)26-5/h7-11H,6H2,1-5H3/b18-11-. The van der Waals surface area contributed by atoms with Gasteiger partial charge >= 0.3 is 5.97 Å². The van der Waals surface area contributed by atoms with Crippen LogP contribution >= 0.6 is 24.0 Å². The number of amides is 1. The Morgan fingerprint density at radius 1 is 1.25 bits per heavy atom. The van der Waals surface area contributed by atoms with Crippen LogP contribution in [0.2, 0.25) is 0 Å². The first-order valence-corrected chi connectivity index (χ1v) is 10.1. The second kappa shape index (κ2) is 7.93. The number of thiocarbonyl (C=S) groups is 1. The summed E-state index contributed by atoms with van der Waals surface area (Å²) < 4.78 is 7.52. The number of likely N-dealkylation sites (N-methyl/N-ethyl adjacent to an activating group) is 1. The topological polar surface area (TPSA) is 51.5 Å². The molecule has 1 aliphatic heterocycles. The predicted octanol–water partition coefficient (Wildman–Crippen LogP) is 4.41. The van der Waals surface area contributed by atoms with Crippen molar-refractivity contribution in [3.05, 3.63) is 57.2 Å². The minimum absolute atomic E-state index is 0.0408. The van der Waals surface area contributed by atoms with Gasteiger partial charge < -0.3 is 9.30 Å². The highest BCUT2D eigenvalue weighted by Gasteiger charge is 2.31. The van der Waals surface area contributed by atoms with Crippen molar-refractivity contribution < 1.29 is 14.3 Å². The number of aryl methyl sites for hydroxylation is 2. The number of thioether (sulfide) groups is 1. The molecule has 1 aliphatic rings.